The van der Waals surface area contributed by atoms with Gasteiger partial charge in [-0.3, -0.25) is 0 Å². The van der Waals surface area contributed by atoms with E-state index in [0.29, 0.717) is 6.42 Å². The molecule has 0 aromatic heterocycles. The second-order valence-corrected chi connectivity index (χ2v) is 2.50. The van der Waals surface area contributed by atoms with Crippen LogP contribution >= 0.6 is 0 Å². The second kappa shape index (κ2) is 5.61. The van der Waals surface area contributed by atoms with Crippen molar-refractivity contribution < 1.29 is 15.4 Å². The number of hydroxylamine groups is 1. The maximum Gasteiger partial charge on any atom is 0.0481 e. The van der Waals surface area contributed by atoms with Crippen LogP contribution in [0.15, 0.2) is 0 Å². The molecule has 0 bridgehead atoms. The van der Waals surface area contributed by atoms with Crippen molar-refractivity contribution in [1.82, 2.24) is 5.48 Å². The van der Waals surface area contributed by atoms with Gasteiger partial charge in [-0.15, -0.1) is 0 Å². The summed E-state index contributed by atoms with van der Waals surface area (Å²) in [5.41, 5.74) is 2.04. The van der Waals surface area contributed by atoms with Gasteiger partial charge in [0.2, 0.25) is 0 Å². The molecule has 0 aliphatic carbocycles. The highest BCUT2D eigenvalue weighted by molar-refractivity contribution is 4.62. The molecule has 0 aromatic rings. The average Bonchev–Trinajstić information content (AvgIpc) is 1.99. The lowest BCUT2D eigenvalue weighted by Crippen LogP contribution is -2.27. The zero-order valence-corrected chi connectivity index (χ0v) is 6.12. The fourth-order valence-electron chi connectivity index (χ4n) is 0.760. The molecule has 0 aromatic carbocycles. The van der Waals surface area contributed by atoms with Crippen molar-refractivity contribution >= 4 is 0 Å². The third-order valence-electron chi connectivity index (χ3n) is 1.42. The Kier molecular flexibility index (Phi) is 5.52. The van der Waals surface area contributed by atoms with Crippen LogP contribution in [0.4, 0.5) is 0 Å². The van der Waals surface area contributed by atoms with Crippen LogP contribution in [-0.4, -0.2) is 34.7 Å². The molecule has 0 aliphatic heterocycles. The molecule has 0 saturated carbocycles. The number of aliphatic hydroxyl groups excluding tert-OH is 2. The molecule has 0 radical (unpaired) electrons. The highest BCUT2D eigenvalue weighted by Gasteiger charge is 2.09. The predicted molar refractivity (Wildman–Crippen MR) is 36.7 cm³/mol. The maximum absolute atomic E-state index is 8.60. The highest BCUT2D eigenvalue weighted by Crippen LogP contribution is 2.03. The SMILES string of the molecule is CC(CC(CO)CO)NO. The lowest BCUT2D eigenvalue weighted by Gasteiger charge is -2.14. The summed E-state index contributed by atoms with van der Waals surface area (Å²) in [6, 6.07) is -0.0794. The van der Waals surface area contributed by atoms with Crippen LogP contribution in [0.25, 0.3) is 0 Å². The molecule has 62 valence electrons. The number of hydrogen-bond donors (Lipinski definition) is 4. The molecule has 0 heterocycles. The Morgan fingerprint density at radius 3 is 2.10 bits per heavy atom. The molecule has 4 nitrogen and oxygen atoms in total. The van der Waals surface area contributed by atoms with Gasteiger partial charge in [0.05, 0.1) is 0 Å². The monoisotopic (exact) mass is 149 g/mol. The Labute approximate surface area is 60.5 Å². The van der Waals surface area contributed by atoms with Crippen molar-refractivity contribution in [3.8, 4) is 0 Å². The normalized spacial score (nSPS) is 14.1. The van der Waals surface area contributed by atoms with E-state index in [1.807, 2.05) is 5.48 Å². The molecule has 0 amide bonds. The van der Waals surface area contributed by atoms with Crippen LogP contribution in [0, 0.1) is 5.92 Å². The Balaban J connectivity index is 3.41. The van der Waals surface area contributed by atoms with Crippen molar-refractivity contribution in [2.75, 3.05) is 13.2 Å². The van der Waals surface area contributed by atoms with Gasteiger partial charge >= 0.3 is 0 Å². The van der Waals surface area contributed by atoms with Gasteiger partial charge < -0.3 is 15.4 Å². The van der Waals surface area contributed by atoms with Crippen LogP contribution in [0.5, 0.6) is 0 Å². The molecular weight excluding hydrogens is 134 g/mol. The summed E-state index contributed by atoms with van der Waals surface area (Å²) in [5.74, 6) is -0.130. The Morgan fingerprint density at radius 1 is 1.30 bits per heavy atom. The minimum absolute atomic E-state index is 0.0392. The molecule has 1 atom stereocenters. The van der Waals surface area contributed by atoms with E-state index in [4.69, 9.17) is 15.4 Å². The molecule has 0 aliphatic rings. The molecule has 0 rings (SSSR count). The molecule has 0 saturated heterocycles. The molecule has 4 N–H and O–H groups in total. The van der Waals surface area contributed by atoms with E-state index in [1.54, 1.807) is 6.92 Å². The summed E-state index contributed by atoms with van der Waals surface area (Å²) in [7, 11) is 0. The van der Waals surface area contributed by atoms with Crippen molar-refractivity contribution in [3.63, 3.8) is 0 Å². The Hall–Kier alpha value is -0.160. The first-order chi connectivity index (χ1) is 4.74. The minimum Gasteiger partial charge on any atom is -0.396 e. The second-order valence-electron chi connectivity index (χ2n) is 2.50. The first-order valence-corrected chi connectivity index (χ1v) is 3.36. The van der Waals surface area contributed by atoms with E-state index in [9.17, 15) is 0 Å². The lowest BCUT2D eigenvalue weighted by molar-refractivity contribution is 0.0895. The van der Waals surface area contributed by atoms with E-state index >= 15 is 0 Å². The summed E-state index contributed by atoms with van der Waals surface area (Å²) in [6.45, 7) is 1.70. The van der Waals surface area contributed by atoms with Crippen LogP contribution < -0.4 is 5.48 Å². The summed E-state index contributed by atoms with van der Waals surface area (Å²) in [5, 5.41) is 25.6. The quantitative estimate of drug-likeness (QED) is 0.392. The van der Waals surface area contributed by atoms with Crippen LogP contribution in [-0.2, 0) is 0 Å². The number of rotatable bonds is 5. The van der Waals surface area contributed by atoms with Crippen LogP contribution in [0.1, 0.15) is 13.3 Å². The number of aliphatic hydroxyl groups is 2. The summed E-state index contributed by atoms with van der Waals surface area (Å²) in [6.07, 6.45) is 0.573. The van der Waals surface area contributed by atoms with E-state index in [2.05, 4.69) is 0 Å². The van der Waals surface area contributed by atoms with Gasteiger partial charge in [-0.2, -0.15) is 0 Å². The third-order valence-corrected chi connectivity index (χ3v) is 1.42. The molecular formula is C6H15NO3. The summed E-state index contributed by atoms with van der Waals surface area (Å²) in [4.78, 5) is 0. The van der Waals surface area contributed by atoms with Crippen LogP contribution in [0.2, 0.25) is 0 Å². The molecule has 10 heavy (non-hydrogen) atoms. The fraction of sp³-hybridized carbons (Fsp3) is 1.00. The van der Waals surface area contributed by atoms with Gasteiger partial charge in [0, 0.05) is 25.2 Å². The molecule has 0 fully saturated rings. The highest BCUT2D eigenvalue weighted by atomic mass is 16.5. The van der Waals surface area contributed by atoms with Crippen molar-refractivity contribution in [1.29, 1.82) is 0 Å². The van der Waals surface area contributed by atoms with Gasteiger partial charge in [0.25, 0.3) is 0 Å². The van der Waals surface area contributed by atoms with Crippen molar-refractivity contribution in [3.05, 3.63) is 0 Å². The molecule has 4 heteroatoms. The zero-order chi connectivity index (χ0) is 7.98. The Morgan fingerprint density at radius 2 is 1.80 bits per heavy atom. The van der Waals surface area contributed by atoms with E-state index in [1.165, 1.54) is 0 Å². The van der Waals surface area contributed by atoms with Crippen LogP contribution in [0.3, 0.4) is 0 Å². The molecule has 1 unspecified atom stereocenters. The average molecular weight is 149 g/mol. The van der Waals surface area contributed by atoms with Gasteiger partial charge in [0.1, 0.15) is 0 Å². The largest absolute Gasteiger partial charge is 0.396 e. The van der Waals surface area contributed by atoms with Gasteiger partial charge in [-0.25, -0.2) is 5.48 Å². The lowest BCUT2D eigenvalue weighted by atomic mass is 10.0. The van der Waals surface area contributed by atoms with E-state index in [-0.39, 0.29) is 25.2 Å². The van der Waals surface area contributed by atoms with Crippen molar-refractivity contribution in [2.45, 2.75) is 19.4 Å². The third kappa shape index (κ3) is 3.79. The minimum atomic E-state index is -0.130. The fourth-order valence-corrected chi connectivity index (χ4v) is 0.760. The Bertz CT molecular complexity index is 75.4. The molecule has 0 spiro atoms. The van der Waals surface area contributed by atoms with Gasteiger partial charge in [-0.05, 0) is 13.3 Å². The van der Waals surface area contributed by atoms with E-state index < -0.39 is 0 Å². The topological polar surface area (TPSA) is 72.7 Å². The summed E-state index contributed by atoms with van der Waals surface area (Å²) < 4.78 is 0. The number of hydrogen-bond acceptors (Lipinski definition) is 4. The van der Waals surface area contributed by atoms with Crippen molar-refractivity contribution in [2.24, 2.45) is 5.92 Å². The van der Waals surface area contributed by atoms with Gasteiger partial charge in [0.15, 0.2) is 0 Å². The first kappa shape index (κ1) is 9.84. The standard InChI is InChI=1S/C6H15NO3/c1-5(7-10)2-6(3-8)4-9/h5-10H,2-4H2,1H3. The zero-order valence-electron chi connectivity index (χ0n) is 6.12. The smallest absolute Gasteiger partial charge is 0.0481 e. The first-order valence-electron chi connectivity index (χ1n) is 3.36. The maximum atomic E-state index is 8.60. The number of nitrogens with one attached hydrogen (secondary N) is 1. The van der Waals surface area contributed by atoms with E-state index in [0.717, 1.165) is 0 Å². The predicted octanol–water partition coefficient (Wildman–Crippen LogP) is -0.655. The summed E-state index contributed by atoms with van der Waals surface area (Å²) >= 11 is 0. The van der Waals surface area contributed by atoms with Gasteiger partial charge in [-0.1, -0.05) is 0 Å².